The molecule has 7 nitrogen and oxygen atoms in total. The number of fused-ring (bicyclic) bond motifs is 1. The first kappa shape index (κ1) is 20.0. The number of benzene rings is 2. The van der Waals surface area contributed by atoms with Gasteiger partial charge in [0.25, 0.3) is 11.6 Å². The molecule has 0 saturated heterocycles. The topological polar surface area (TPSA) is 98.5 Å². The van der Waals surface area contributed by atoms with Crippen molar-refractivity contribution < 1.29 is 23.6 Å². The molecule has 0 fully saturated rings. The zero-order chi connectivity index (χ0) is 20.4. The van der Waals surface area contributed by atoms with Crippen molar-refractivity contribution in [2.75, 3.05) is 11.9 Å². The molecule has 0 unspecified atom stereocenters. The average Bonchev–Trinajstić information content (AvgIpc) is 2.97. The molecule has 0 bridgehead atoms. The minimum absolute atomic E-state index is 0.0391. The van der Waals surface area contributed by atoms with Gasteiger partial charge in [0.15, 0.2) is 6.61 Å². The van der Waals surface area contributed by atoms with Gasteiger partial charge in [-0.05, 0) is 30.3 Å². The Balaban J connectivity index is 1.66. The highest BCUT2D eigenvalue weighted by Crippen LogP contribution is 2.36. The molecule has 0 radical (unpaired) electrons. The summed E-state index contributed by atoms with van der Waals surface area (Å²) in [6.45, 7) is -0.645. The number of carbonyl (C=O) groups excluding carboxylic acids is 2. The first-order chi connectivity index (χ1) is 13.3. The molecule has 3 rings (SSSR count). The molecule has 0 saturated carbocycles. The first-order valence-electron chi connectivity index (χ1n) is 7.54. The summed E-state index contributed by atoms with van der Waals surface area (Å²) in [7, 11) is 0. The fourth-order valence-electron chi connectivity index (χ4n) is 2.29. The second-order valence-electron chi connectivity index (χ2n) is 5.43. The number of nitro groups is 1. The SMILES string of the molecule is O=C(COC(=O)c1sc2cc(F)ccc2c1Cl)Nc1ccc(Cl)c([N+](=O)[O-])c1. The molecule has 0 aliphatic carbocycles. The van der Waals surface area contributed by atoms with Crippen LogP contribution >= 0.6 is 34.5 Å². The quantitative estimate of drug-likeness (QED) is 0.338. The van der Waals surface area contributed by atoms with Gasteiger partial charge in [0.05, 0.1) is 9.95 Å². The molecule has 0 aliphatic heterocycles. The van der Waals surface area contributed by atoms with Gasteiger partial charge < -0.3 is 10.1 Å². The number of thiophene rings is 1. The van der Waals surface area contributed by atoms with Gasteiger partial charge in [-0.2, -0.15) is 0 Å². The second kappa shape index (κ2) is 8.09. The Morgan fingerprint density at radius 3 is 2.68 bits per heavy atom. The number of nitro benzene ring substituents is 1. The third-order valence-electron chi connectivity index (χ3n) is 3.54. The Morgan fingerprint density at radius 2 is 1.96 bits per heavy atom. The summed E-state index contributed by atoms with van der Waals surface area (Å²) in [5.74, 6) is -2.03. The molecule has 1 heterocycles. The molecule has 0 aliphatic rings. The number of esters is 1. The van der Waals surface area contributed by atoms with E-state index in [9.17, 15) is 24.1 Å². The van der Waals surface area contributed by atoms with Crippen molar-refractivity contribution in [3.63, 3.8) is 0 Å². The monoisotopic (exact) mass is 442 g/mol. The average molecular weight is 443 g/mol. The van der Waals surface area contributed by atoms with Crippen molar-refractivity contribution in [3.05, 3.63) is 67.3 Å². The van der Waals surface area contributed by atoms with Crippen LogP contribution in [0.2, 0.25) is 10.0 Å². The van der Waals surface area contributed by atoms with E-state index in [1.807, 2.05) is 0 Å². The number of halogens is 3. The highest BCUT2D eigenvalue weighted by molar-refractivity contribution is 7.21. The van der Waals surface area contributed by atoms with Crippen LogP contribution in [0, 0.1) is 15.9 Å². The lowest BCUT2D eigenvalue weighted by Crippen LogP contribution is -2.20. The fraction of sp³-hybridized carbons (Fsp3) is 0.0588. The van der Waals surface area contributed by atoms with Crippen LogP contribution in [0.15, 0.2) is 36.4 Å². The van der Waals surface area contributed by atoms with Crippen LogP contribution in [0.4, 0.5) is 15.8 Å². The van der Waals surface area contributed by atoms with E-state index < -0.39 is 29.2 Å². The lowest BCUT2D eigenvalue weighted by Gasteiger charge is -2.06. The molecule has 11 heteroatoms. The Bertz CT molecular complexity index is 1120. The molecule has 3 aromatic rings. The van der Waals surface area contributed by atoms with Crippen molar-refractivity contribution >= 4 is 67.9 Å². The number of rotatable bonds is 5. The lowest BCUT2D eigenvalue weighted by molar-refractivity contribution is -0.384. The van der Waals surface area contributed by atoms with Crippen LogP contribution in [0.3, 0.4) is 0 Å². The normalized spacial score (nSPS) is 10.7. The number of anilines is 1. The number of hydrogen-bond donors (Lipinski definition) is 1. The minimum atomic E-state index is -0.844. The van der Waals surface area contributed by atoms with E-state index in [1.54, 1.807) is 0 Å². The van der Waals surface area contributed by atoms with E-state index in [-0.39, 0.29) is 26.3 Å². The molecular weight excluding hydrogens is 434 g/mol. The third-order valence-corrected chi connectivity index (χ3v) is 5.49. The molecule has 0 spiro atoms. The molecule has 1 N–H and O–H groups in total. The number of amides is 1. The Labute approximate surface area is 170 Å². The summed E-state index contributed by atoms with van der Waals surface area (Å²) in [5.41, 5.74) is -0.256. The summed E-state index contributed by atoms with van der Waals surface area (Å²) in [6, 6.07) is 7.61. The third kappa shape index (κ3) is 4.22. The standard InChI is InChI=1S/C17H9Cl2FN2O5S/c18-11-4-2-9(6-12(11)22(25)26)21-14(23)7-27-17(24)16-15(19)10-3-1-8(20)5-13(10)28-16/h1-6H,7H2,(H,21,23). The summed E-state index contributed by atoms with van der Waals surface area (Å²) >= 11 is 12.8. The minimum Gasteiger partial charge on any atom is -0.451 e. The van der Waals surface area contributed by atoms with Crippen LogP contribution in [-0.2, 0) is 9.53 Å². The predicted octanol–water partition coefficient (Wildman–Crippen LogP) is 5.05. The zero-order valence-electron chi connectivity index (χ0n) is 13.7. The molecule has 28 heavy (non-hydrogen) atoms. The van der Waals surface area contributed by atoms with Gasteiger partial charge in [0.2, 0.25) is 0 Å². The van der Waals surface area contributed by atoms with E-state index in [2.05, 4.69) is 5.32 Å². The van der Waals surface area contributed by atoms with Gasteiger partial charge in [0, 0.05) is 21.8 Å². The molecular formula is C17H9Cl2FN2O5S. The molecule has 144 valence electrons. The fourth-order valence-corrected chi connectivity index (χ4v) is 3.91. The zero-order valence-corrected chi connectivity index (χ0v) is 16.0. The van der Waals surface area contributed by atoms with Crippen LogP contribution in [0.1, 0.15) is 9.67 Å². The molecule has 2 aromatic carbocycles. The number of ether oxygens (including phenoxy) is 1. The maximum absolute atomic E-state index is 13.3. The first-order valence-corrected chi connectivity index (χ1v) is 9.12. The van der Waals surface area contributed by atoms with Crippen molar-refractivity contribution in [1.29, 1.82) is 0 Å². The van der Waals surface area contributed by atoms with Gasteiger partial charge in [-0.25, -0.2) is 9.18 Å². The summed E-state index contributed by atoms with van der Waals surface area (Å²) < 4.78 is 18.7. The smallest absolute Gasteiger partial charge is 0.350 e. The second-order valence-corrected chi connectivity index (χ2v) is 7.27. The number of hydrogen-bond acceptors (Lipinski definition) is 6. The number of nitrogens with one attached hydrogen (secondary N) is 1. The van der Waals surface area contributed by atoms with Gasteiger partial charge in [-0.1, -0.05) is 23.2 Å². The van der Waals surface area contributed by atoms with Crippen molar-refractivity contribution in [2.45, 2.75) is 0 Å². The largest absolute Gasteiger partial charge is 0.451 e. The van der Waals surface area contributed by atoms with Crippen LogP contribution in [-0.4, -0.2) is 23.4 Å². The Kier molecular flexibility index (Phi) is 5.78. The Morgan fingerprint density at radius 1 is 1.21 bits per heavy atom. The van der Waals surface area contributed by atoms with E-state index >= 15 is 0 Å². The molecule has 0 atom stereocenters. The van der Waals surface area contributed by atoms with Crippen molar-refractivity contribution in [3.8, 4) is 0 Å². The lowest BCUT2D eigenvalue weighted by atomic mass is 10.2. The number of nitrogens with zero attached hydrogens (tertiary/aromatic N) is 1. The summed E-state index contributed by atoms with van der Waals surface area (Å²) in [6.07, 6.45) is 0. The number of carbonyl (C=O) groups is 2. The van der Waals surface area contributed by atoms with Crippen LogP contribution < -0.4 is 5.32 Å². The predicted molar refractivity (Wildman–Crippen MR) is 104 cm³/mol. The highest BCUT2D eigenvalue weighted by Gasteiger charge is 2.20. The highest BCUT2D eigenvalue weighted by atomic mass is 35.5. The van der Waals surface area contributed by atoms with E-state index in [4.69, 9.17) is 27.9 Å². The molecule has 1 amide bonds. The van der Waals surface area contributed by atoms with Gasteiger partial charge >= 0.3 is 5.97 Å². The van der Waals surface area contributed by atoms with Gasteiger partial charge in [0.1, 0.15) is 15.7 Å². The van der Waals surface area contributed by atoms with Crippen molar-refractivity contribution in [2.24, 2.45) is 0 Å². The maximum atomic E-state index is 13.3. The van der Waals surface area contributed by atoms with Crippen molar-refractivity contribution in [1.82, 2.24) is 0 Å². The van der Waals surface area contributed by atoms with E-state index in [0.29, 0.717) is 10.1 Å². The molecule has 1 aromatic heterocycles. The summed E-state index contributed by atoms with van der Waals surface area (Å²) in [4.78, 5) is 34.3. The van der Waals surface area contributed by atoms with E-state index in [0.717, 1.165) is 17.4 Å². The van der Waals surface area contributed by atoms with Crippen LogP contribution in [0.5, 0.6) is 0 Å². The van der Waals surface area contributed by atoms with Gasteiger partial charge in [-0.3, -0.25) is 14.9 Å². The van der Waals surface area contributed by atoms with Gasteiger partial charge in [-0.15, -0.1) is 11.3 Å². The summed E-state index contributed by atoms with van der Waals surface area (Å²) in [5, 5.41) is 13.8. The van der Waals surface area contributed by atoms with Crippen LogP contribution in [0.25, 0.3) is 10.1 Å². The Hall–Kier alpha value is -2.75. The van der Waals surface area contributed by atoms with E-state index in [1.165, 1.54) is 30.3 Å². The maximum Gasteiger partial charge on any atom is 0.350 e.